The maximum Gasteiger partial charge on any atom is 0.356 e. The molecule has 2 atom stereocenters. The van der Waals surface area contributed by atoms with Crippen molar-refractivity contribution in [1.29, 1.82) is 0 Å². The topological polar surface area (TPSA) is 70.1 Å². The van der Waals surface area contributed by atoms with Gasteiger partial charge in [0.15, 0.2) is 0 Å². The molecule has 5 heteroatoms. The number of hydrogen-bond donors (Lipinski definition) is 1. The number of aromatic nitrogens is 2. The Morgan fingerprint density at radius 1 is 1.65 bits per heavy atom. The molecule has 1 aromatic rings. The van der Waals surface area contributed by atoms with Gasteiger partial charge in [0.2, 0.25) is 0 Å². The molecule has 1 heterocycles. The van der Waals surface area contributed by atoms with Gasteiger partial charge in [-0.3, -0.25) is 0 Å². The summed E-state index contributed by atoms with van der Waals surface area (Å²) < 4.78 is 6.96. The van der Waals surface area contributed by atoms with Crippen molar-refractivity contribution < 1.29 is 9.53 Å². The van der Waals surface area contributed by atoms with E-state index in [-0.39, 0.29) is 5.97 Å². The number of ether oxygens (including phenoxy) is 1. The zero-order valence-electron chi connectivity index (χ0n) is 10.1. The van der Waals surface area contributed by atoms with Crippen LogP contribution in [0.5, 0.6) is 0 Å². The highest BCUT2D eigenvalue weighted by Crippen LogP contribution is 2.35. The van der Waals surface area contributed by atoms with E-state index >= 15 is 0 Å². The summed E-state index contributed by atoms with van der Waals surface area (Å²) in [6, 6.07) is 0.293. The van der Waals surface area contributed by atoms with Crippen molar-refractivity contribution in [2.24, 2.45) is 11.7 Å². The second kappa shape index (κ2) is 5.31. The Hall–Kier alpha value is -1.36. The number of esters is 1. The van der Waals surface area contributed by atoms with Crippen LogP contribution in [0, 0.1) is 5.92 Å². The van der Waals surface area contributed by atoms with Crippen LogP contribution in [0.25, 0.3) is 0 Å². The summed E-state index contributed by atoms with van der Waals surface area (Å²) in [6.07, 6.45) is 6.63. The molecule has 0 radical (unpaired) electrons. The van der Waals surface area contributed by atoms with Gasteiger partial charge in [0.05, 0.1) is 19.1 Å². The lowest BCUT2D eigenvalue weighted by atomic mass is 10.0. The quantitative estimate of drug-likeness (QED) is 0.803. The molecular formula is C12H19N3O2. The van der Waals surface area contributed by atoms with E-state index in [0.717, 1.165) is 19.3 Å². The summed E-state index contributed by atoms with van der Waals surface area (Å²) in [7, 11) is 0. The van der Waals surface area contributed by atoms with Gasteiger partial charge in [-0.25, -0.2) is 9.78 Å². The van der Waals surface area contributed by atoms with E-state index in [9.17, 15) is 4.79 Å². The van der Waals surface area contributed by atoms with E-state index in [1.54, 1.807) is 19.4 Å². The smallest absolute Gasteiger partial charge is 0.356 e. The lowest BCUT2D eigenvalue weighted by Crippen LogP contribution is -2.24. The molecule has 0 saturated heterocycles. The SMILES string of the molecule is CCOC(=O)c1cncn1C1CCCC1CN. The van der Waals surface area contributed by atoms with Crippen LogP contribution in [0.15, 0.2) is 12.5 Å². The highest BCUT2D eigenvalue weighted by molar-refractivity contribution is 5.87. The first-order valence-corrected chi connectivity index (χ1v) is 6.17. The van der Waals surface area contributed by atoms with E-state index in [4.69, 9.17) is 10.5 Å². The van der Waals surface area contributed by atoms with Gasteiger partial charge in [0.25, 0.3) is 0 Å². The van der Waals surface area contributed by atoms with Crippen molar-refractivity contribution in [3.05, 3.63) is 18.2 Å². The number of nitrogens with zero attached hydrogens (tertiary/aromatic N) is 2. The summed E-state index contributed by atoms with van der Waals surface area (Å²) in [5.41, 5.74) is 6.30. The molecule has 17 heavy (non-hydrogen) atoms. The van der Waals surface area contributed by atoms with Gasteiger partial charge < -0.3 is 15.0 Å². The van der Waals surface area contributed by atoms with Crippen LogP contribution < -0.4 is 5.73 Å². The van der Waals surface area contributed by atoms with Gasteiger partial charge >= 0.3 is 5.97 Å². The van der Waals surface area contributed by atoms with Gasteiger partial charge in [-0.15, -0.1) is 0 Å². The molecule has 1 saturated carbocycles. The third-order valence-corrected chi connectivity index (χ3v) is 3.43. The molecule has 5 nitrogen and oxygen atoms in total. The number of nitrogens with two attached hydrogens (primary N) is 1. The lowest BCUT2D eigenvalue weighted by Gasteiger charge is -2.21. The first kappa shape index (κ1) is 12.1. The normalized spacial score (nSPS) is 23.9. The highest BCUT2D eigenvalue weighted by Gasteiger charge is 2.30. The fourth-order valence-electron chi connectivity index (χ4n) is 2.59. The van der Waals surface area contributed by atoms with Gasteiger partial charge in [-0.05, 0) is 32.2 Å². The Kier molecular flexibility index (Phi) is 3.78. The molecule has 0 aromatic carbocycles. The van der Waals surface area contributed by atoms with Crippen molar-refractivity contribution in [2.45, 2.75) is 32.2 Å². The van der Waals surface area contributed by atoms with Crippen LogP contribution in [0.1, 0.15) is 42.7 Å². The molecule has 2 N–H and O–H groups in total. The third-order valence-electron chi connectivity index (χ3n) is 3.43. The number of rotatable bonds is 4. The van der Waals surface area contributed by atoms with Gasteiger partial charge in [-0.2, -0.15) is 0 Å². The van der Waals surface area contributed by atoms with E-state index in [2.05, 4.69) is 4.98 Å². The standard InChI is InChI=1S/C12H19N3O2/c1-2-17-12(16)11-7-14-8-15(11)10-5-3-4-9(10)6-13/h7-10H,2-6,13H2,1H3. The molecule has 0 bridgehead atoms. The molecular weight excluding hydrogens is 218 g/mol. The predicted octanol–water partition coefficient (Wildman–Crippen LogP) is 1.36. The Bertz CT molecular complexity index is 389. The predicted molar refractivity (Wildman–Crippen MR) is 63.6 cm³/mol. The molecule has 2 rings (SSSR count). The molecule has 2 unspecified atom stereocenters. The fraction of sp³-hybridized carbons (Fsp3) is 0.667. The van der Waals surface area contributed by atoms with Crippen LogP contribution in [0.4, 0.5) is 0 Å². The molecule has 1 aliphatic carbocycles. The molecule has 1 aliphatic rings. The molecule has 1 aromatic heterocycles. The molecule has 94 valence electrons. The molecule has 0 spiro atoms. The Labute approximate surface area is 101 Å². The van der Waals surface area contributed by atoms with Crippen molar-refractivity contribution in [2.75, 3.05) is 13.2 Å². The summed E-state index contributed by atoms with van der Waals surface area (Å²) >= 11 is 0. The molecule has 0 amide bonds. The van der Waals surface area contributed by atoms with E-state index in [0.29, 0.717) is 30.8 Å². The Morgan fingerprint density at radius 2 is 2.47 bits per heavy atom. The monoisotopic (exact) mass is 237 g/mol. The zero-order chi connectivity index (χ0) is 12.3. The largest absolute Gasteiger partial charge is 0.461 e. The average Bonchev–Trinajstić information content (AvgIpc) is 2.97. The van der Waals surface area contributed by atoms with Gasteiger partial charge in [-0.1, -0.05) is 6.42 Å². The maximum absolute atomic E-state index is 11.8. The van der Waals surface area contributed by atoms with Crippen molar-refractivity contribution in [3.8, 4) is 0 Å². The van der Waals surface area contributed by atoms with E-state index < -0.39 is 0 Å². The number of carbonyl (C=O) groups excluding carboxylic acids is 1. The van der Waals surface area contributed by atoms with Crippen LogP contribution in [-0.2, 0) is 4.74 Å². The van der Waals surface area contributed by atoms with Crippen LogP contribution in [0.2, 0.25) is 0 Å². The highest BCUT2D eigenvalue weighted by atomic mass is 16.5. The van der Waals surface area contributed by atoms with Gasteiger partial charge in [0.1, 0.15) is 5.69 Å². The van der Waals surface area contributed by atoms with Crippen LogP contribution in [-0.4, -0.2) is 28.7 Å². The minimum absolute atomic E-state index is 0.293. The lowest BCUT2D eigenvalue weighted by molar-refractivity contribution is 0.0510. The average molecular weight is 237 g/mol. The van der Waals surface area contributed by atoms with Crippen molar-refractivity contribution in [1.82, 2.24) is 9.55 Å². The number of imidazole rings is 1. The second-order valence-corrected chi connectivity index (χ2v) is 4.40. The van der Waals surface area contributed by atoms with Crippen molar-refractivity contribution in [3.63, 3.8) is 0 Å². The minimum atomic E-state index is -0.298. The van der Waals surface area contributed by atoms with Crippen LogP contribution in [0.3, 0.4) is 0 Å². The summed E-state index contributed by atoms with van der Waals surface area (Å²) in [6.45, 7) is 2.84. The maximum atomic E-state index is 11.8. The third kappa shape index (κ3) is 2.34. The first-order valence-electron chi connectivity index (χ1n) is 6.17. The molecule has 0 aliphatic heterocycles. The first-order chi connectivity index (χ1) is 8.27. The second-order valence-electron chi connectivity index (χ2n) is 4.40. The van der Waals surface area contributed by atoms with Gasteiger partial charge in [0, 0.05) is 6.04 Å². The Morgan fingerprint density at radius 3 is 3.18 bits per heavy atom. The summed E-state index contributed by atoms with van der Waals surface area (Å²) in [5, 5.41) is 0. The molecule has 1 fully saturated rings. The number of carbonyl (C=O) groups is 1. The summed E-state index contributed by atoms with van der Waals surface area (Å²) in [4.78, 5) is 15.8. The fourth-order valence-corrected chi connectivity index (χ4v) is 2.59. The zero-order valence-corrected chi connectivity index (χ0v) is 10.1. The van der Waals surface area contributed by atoms with E-state index in [1.807, 2.05) is 4.57 Å². The van der Waals surface area contributed by atoms with Crippen LogP contribution >= 0.6 is 0 Å². The van der Waals surface area contributed by atoms with E-state index in [1.165, 1.54) is 0 Å². The summed E-state index contributed by atoms with van der Waals surface area (Å²) in [5.74, 6) is 0.144. The Balaban J connectivity index is 2.21. The van der Waals surface area contributed by atoms with Crippen molar-refractivity contribution >= 4 is 5.97 Å². The minimum Gasteiger partial charge on any atom is -0.461 e. The number of hydrogen-bond acceptors (Lipinski definition) is 4.